The number of halogens is 1. The van der Waals surface area contributed by atoms with E-state index in [0.717, 1.165) is 0 Å². The second-order valence-corrected chi connectivity index (χ2v) is 4.11. The topological polar surface area (TPSA) is 12.9 Å². The van der Waals surface area contributed by atoms with Crippen molar-refractivity contribution in [3.63, 3.8) is 0 Å². The molecule has 0 spiro atoms. The minimum absolute atomic E-state index is 0.628. The van der Waals surface area contributed by atoms with E-state index in [9.17, 15) is 0 Å². The van der Waals surface area contributed by atoms with Gasteiger partial charge in [-0.2, -0.15) is 0 Å². The van der Waals surface area contributed by atoms with Gasteiger partial charge < -0.3 is 0 Å². The second-order valence-electron chi connectivity index (χ2n) is 3.72. The Kier molecular flexibility index (Phi) is 2.84. The molecule has 13 heavy (non-hydrogen) atoms. The van der Waals surface area contributed by atoms with Gasteiger partial charge in [-0.25, -0.2) is 4.98 Å². The Hall–Kier alpha value is -0.560. The lowest BCUT2D eigenvalue weighted by molar-refractivity contribution is 0.437. The average Bonchev–Trinajstić information content (AvgIpc) is 2.19. The van der Waals surface area contributed by atoms with E-state index in [1.54, 1.807) is 0 Å². The summed E-state index contributed by atoms with van der Waals surface area (Å²) in [5.74, 6) is 0.660. The first kappa shape index (κ1) is 9.01. The van der Waals surface area contributed by atoms with Gasteiger partial charge in [0.05, 0.1) is 0 Å². The molecular weight excluding hydrogens is 182 g/mol. The van der Waals surface area contributed by atoms with Gasteiger partial charge in [0.25, 0.3) is 0 Å². The Balaban J connectivity index is 2.14. The van der Waals surface area contributed by atoms with Crippen LogP contribution in [0.3, 0.4) is 0 Å². The van der Waals surface area contributed by atoms with Gasteiger partial charge in [0, 0.05) is 11.6 Å². The van der Waals surface area contributed by atoms with Gasteiger partial charge in [-0.3, -0.25) is 0 Å². The van der Waals surface area contributed by atoms with Gasteiger partial charge in [0.15, 0.2) is 0 Å². The Morgan fingerprint density at radius 2 is 1.92 bits per heavy atom. The van der Waals surface area contributed by atoms with Crippen LogP contribution in [0.1, 0.15) is 43.7 Å². The first-order valence-corrected chi connectivity index (χ1v) is 5.36. The molecule has 70 valence electrons. The molecule has 1 saturated carbocycles. The van der Waals surface area contributed by atoms with Crippen LogP contribution in [0.4, 0.5) is 0 Å². The van der Waals surface area contributed by atoms with Crippen molar-refractivity contribution in [2.45, 2.75) is 38.0 Å². The van der Waals surface area contributed by atoms with Gasteiger partial charge in [-0.1, -0.05) is 36.9 Å². The standard InChI is InChI=1S/C11H14ClN/c12-11-8-4-7-10(13-11)9-5-2-1-3-6-9/h4,7-9H,1-3,5-6H2. The summed E-state index contributed by atoms with van der Waals surface area (Å²) < 4.78 is 0. The number of nitrogens with zero attached hydrogens (tertiary/aromatic N) is 1. The number of hydrogen-bond donors (Lipinski definition) is 0. The van der Waals surface area contributed by atoms with Crippen molar-refractivity contribution in [1.29, 1.82) is 0 Å². The van der Waals surface area contributed by atoms with Crippen LogP contribution in [0.5, 0.6) is 0 Å². The fraction of sp³-hybridized carbons (Fsp3) is 0.545. The quantitative estimate of drug-likeness (QED) is 0.622. The van der Waals surface area contributed by atoms with Crippen molar-refractivity contribution in [3.8, 4) is 0 Å². The number of rotatable bonds is 1. The van der Waals surface area contributed by atoms with Gasteiger partial charge in [-0.15, -0.1) is 0 Å². The number of hydrogen-bond acceptors (Lipinski definition) is 1. The Morgan fingerprint density at radius 1 is 1.15 bits per heavy atom. The van der Waals surface area contributed by atoms with Gasteiger partial charge in [0.2, 0.25) is 0 Å². The third kappa shape index (κ3) is 2.22. The molecule has 2 heteroatoms. The maximum Gasteiger partial charge on any atom is 0.129 e. The molecule has 1 aliphatic rings. The van der Waals surface area contributed by atoms with E-state index in [0.29, 0.717) is 11.1 Å². The fourth-order valence-electron chi connectivity index (χ4n) is 2.05. The van der Waals surface area contributed by atoms with Crippen LogP contribution < -0.4 is 0 Å². The molecule has 1 aromatic heterocycles. The van der Waals surface area contributed by atoms with Crippen molar-refractivity contribution in [1.82, 2.24) is 4.98 Å². The van der Waals surface area contributed by atoms with Crippen molar-refractivity contribution in [2.24, 2.45) is 0 Å². The van der Waals surface area contributed by atoms with Gasteiger partial charge in [-0.05, 0) is 25.0 Å². The lowest BCUT2D eigenvalue weighted by atomic mass is 9.87. The predicted octanol–water partition coefficient (Wildman–Crippen LogP) is 3.78. The lowest BCUT2D eigenvalue weighted by Crippen LogP contribution is -2.06. The molecule has 0 bridgehead atoms. The highest BCUT2D eigenvalue weighted by Crippen LogP contribution is 2.31. The summed E-state index contributed by atoms with van der Waals surface area (Å²) in [5, 5.41) is 0.628. The average molecular weight is 196 g/mol. The fourth-order valence-corrected chi connectivity index (χ4v) is 2.22. The summed E-state index contributed by atoms with van der Waals surface area (Å²) in [6, 6.07) is 5.94. The summed E-state index contributed by atoms with van der Waals surface area (Å²) in [4.78, 5) is 4.36. The molecule has 0 radical (unpaired) electrons. The molecule has 0 aromatic carbocycles. The lowest BCUT2D eigenvalue weighted by Gasteiger charge is -2.20. The summed E-state index contributed by atoms with van der Waals surface area (Å²) in [6.07, 6.45) is 6.65. The van der Waals surface area contributed by atoms with Crippen LogP contribution in [-0.2, 0) is 0 Å². The van der Waals surface area contributed by atoms with Gasteiger partial charge in [0.1, 0.15) is 5.15 Å². The minimum Gasteiger partial charge on any atom is -0.241 e. The zero-order chi connectivity index (χ0) is 9.10. The van der Waals surface area contributed by atoms with Crippen LogP contribution >= 0.6 is 11.6 Å². The zero-order valence-electron chi connectivity index (χ0n) is 7.67. The normalized spacial score (nSPS) is 18.8. The first-order chi connectivity index (χ1) is 6.36. The smallest absolute Gasteiger partial charge is 0.129 e. The zero-order valence-corrected chi connectivity index (χ0v) is 8.43. The molecule has 1 fully saturated rings. The van der Waals surface area contributed by atoms with Crippen LogP contribution in [0, 0.1) is 0 Å². The first-order valence-electron chi connectivity index (χ1n) is 4.99. The third-order valence-corrected chi connectivity index (χ3v) is 2.97. The third-order valence-electron chi connectivity index (χ3n) is 2.76. The van der Waals surface area contributed by atoms with Crippen molar-refractivity contribution in [2.75, 3.05) is 0 Å². The predicted molar refractivity (Wildman–Crippen MR) is 55.1 cm³/mol. The Bertz CT molecular complexity index is 279. The number of pyridine rings is 1. The molecule has 0 unspecified atom stereocenters. The molecule has 2 rings (SSSR count). The van der Waals surface area contributed by atoms with Crippen LogP contribution in [-0.4, -0.2) is 4.98 Å². The maximum absolute atomic E-state index is 5.85. The highest BCUT2D eigenvalue weighted by molar-refractivity contribution is 6.29. The molecule has 1 aromatic rings. The van der Waals surface area contributed by atoms with Crippen LogP contribution in [0.25, 0.3) is 0 Å². The molecule has 0 amide bonds. The molecular formula is C11H14ClN. The largest absolute Gasteiger partial charge is 0.241 e. The summed E-state index contributed by atoms with van der Waals surface area (Å²) in [6.45, 7) is 0. The van der Waals surface area contributed by atoms with E-state index >= 15 is 0 Å². The molecule has 1 aliphatic carbocycles. The molecule has 0 atom stereocenters. The van der Waals surface area contributed by atoms with E-state index in [2.05, 4.69) is 11.1 Å². The molecule has 1 heterocycles. The summed E-state index contributed by atoms with van der Waals surface area (Å²) in [7, 11) is 0. The van der Waals surface area contributed by atoms with Crippen LogP contribution in [0.2, 0.25) is 5.15 Å². The van der Waals surface area contributed by atoms with Crippen LogP contribution in [0.15, 0.2) is 18.2 Å². The Labute approximate surface area is 84.1 Å². The number of aromatic nitrogens is 1. The van der Waals surface area contributed by atoms with Gasteiger partial charge >= 0.3 is 0 Å². The molecule has 1 nitrogen and oxygen atoms in total. The van der Waals surface area contributed by atoms with E-state index in [-0.39, 0.29) is 0 Å². The molecule has 0 N–H and O–H groups in total. The Morgan fingerprint density at radius 3 is 2.62 bits per heavy atom. The van der Waals surface area contributed by atoms with E-state index in [1.807, 2.05) is 12.1 Å². The summed E-state index contributed by atoms with van der Waals surface area (Å²) in [5.41, 5.74) is 1.19. The minimum atomic E-state index is 0.628. The van der Waals surface area contributed by atoms with Crippen molar-refractivity contribution >= 4 is 11.6 Å². The van der Waals surface area contributed by atoms with Crippen molar-refractivity contribution in [3.05, 3.63) is 29.0 Å². The second kappa shape index (κ2) is 4.10. The van der Waals surface area contributed by atoms with E-state index in [4.69, 9.17) is 11.6 Å². The SMILES string of the molecule is Clc1cccc(C2CCCCC2)n1. The maximum atomic E-state index is 5.85. The highest BCUT2D eigenvalue weighted by Gasteiger charge is 2.16. The van der Waals surface area contributed by atoms with Crippen molar-refractivity contribution < 1.29 is 0 Å². The molecule has 0 saturated heterocycles. The summed E-state index contributed by atoms with van der Waals surface area (Å²) >= 11 is 5.85. The monoisotopic (exact) mass is 195 g/mol. The van der Waals surface area contributed by atoms with E-state index in [1.165, 1.54) is 37.8 Å². The van der Waals surface area contributed by atoms with E-state index < -0.39 is 0 Å². The molecule has 0 aliphatic heterocycles. The highest BCUT2D eigenvalue weighted by atomic mass is 35.5.